The van der Waals surface area contributed by atoms with Gasteiger partial charge < -0.3 is 5.11 Å². The summed E-state index contributed by atoms with van der Waals surface area (Å²) in [5.41, 5.74) is 0. The lowest BCUT2D eigenvalue weighted by Gasteiger charge is -2.34. The van der Waals surface area contributed by atoms with Crippen molar-refractivity contribution in [1.29, 1.82) is 0 Å². The first kappa shape index (κ1) is 13.7. The number of thiophene rings is 1. The number of ketones is 1. The molecule has 1 aliphatic carbocycles. The van der Waals surface area contributed by atoms with Gasteiger partial charge in [0.1, 0.15) is 0 Å². The first-order valence-electron chi connectivity index (χ1n) is 6.57. The van der Waals surface area contributed by atoms with Crippen LogP contribution in [0.4, 0.5) is 0 Å². The van der Waals surface area contributed by atoms with Crippen LogP contribution in [0.2, 0.25) is 0 Å². The van der Waals surface area contributed by atoms with Crippen molar-refractivity contribution < 1.29 is 9.90 Å². The Bertz CT molecular complexity index is 410. The smallest absolute Gasteiger partial charge is 0.186 e. The Balaban J connectivity index is 1.79. The zero-order valence-electron chi connectivity index (χ0n) is 11.1. The molecule has 0 bridgehead atoms. The van der Waals surface area contributed by atoms with Crippen molar-refractivity contribution in [2.24, 2.45) is 5.92 Å². The molecule has 0 aromatic carbocycles. The summed E-state index contributed by atoms with van der Waals surface area (Å²) in [6, 6.07) is 3.98. The molecule has 4 heteroatoms. The van der Waals surface area contributed by atoms with Crippen LogP contribution >= 0.6 is 11.3 Å². The number of carbonyl (C=O) groups is 1. The van der Waals surface area contributed by atoms with Gasteiger partial charge in [0.05, 0.1) is 17.5 Å². The fourth-order valence-corrected chi connectivity index (χ4v) is 3.27. The molecule has 18 heavy (non-hydrogen) atoms. The monoisotopic (exact) mass is 267 g/mol. The molecule has 2 rings (SSSR count). The van der Waals surface area contributed by atoms with E-state index in [0.717, 1.165) is 30.7 Å². The Kier molecular flexibility index (Phi) is 4.54. The van der Waals surface area contributed by atoms with E-state index in [1.165, 1.54) is 4.88 Å². The van der Waals surface area contributed by atoms with Gasteiger partial charge in [-0.3, -0.25) is 9.69 Å². The summed E-state index contributed by atoms with van der Waals surface area (Å²) in [5.74, 6) is 0.773. The van der Waals surface area contributed by atoms with Gasteiger partial charge >= 0.3 is 0 Å². The van der Waals surface area contributed by atoms with Gasteiger partial charge in [0.25, 0.3) is 0 Å². The number of rotatable bonds is 6. The Labute approximate surface area is 112 Å². The molecule has 1 aliphatic rings. The van der Waals surface area contributed by atoms with E-state index in [2.05, 4.69) is 11.8 Å². The molecular formula is C14H21NO2S. The van der Waals surface area contributed by atoms with E-state index in [1.54, 1.807) is 11.3 Å². The Morgan fingerprint density at radius 3 is 2.78 bits per heavy atom. The molecule has 100 valence electrons. The van der Waals surface area contributed by atoms with Crippen molar-refractivity contribution in [3.63, 3.8) is 0 Å². The highest BCUT2D eigenvalue weighted by Gasteiger charge is 2.28. The van der Waals surface area contributed by atoms with Gasteiger partial charge in [-0.2, -0.15) is 0 Å². The number of aliphatic hydroxyl groups is 1. The third kappa shape index (κ3) is 3.40. The molecular weight excluding hydrogens is 246 g/mol. The SMILES string of the molecule is CCc1ccc(C(=O)CN(C)CC2CC(O)C2)s1. The number of Topliss-reactive ketones (excluding diaryl/α,β-unsaturated/α-hetero) is 1. The van der Waals surface area contributed by atoms with Gasteiger partial charge in [-0.15, -0.1) is 11.3 Å². The molecule has 0 aliphatic heterocycles. The molecule has 0 unspecified atom stereocenters. The van der Waals surface area contributed by atoms with Crippen LogP contribution in [0.5, 0.6) is 0 Å². The first-order chi connectivity index (χ1) is 8.58. The zero-order valence-corrected chi connectivity index (χ0v) is 11.9. The number of nitrogens with zero attached hydrogens (tertiary/aromatic N) is 1. The number of hydrogen-bond acceptors (Lipinski definition) is 4. The predicted molar refractivity (Wildman–Crippen MR) is 74.3 cm³/mol. The fraction of sp³-hybridized carbons (Fsp3) is 0.643. The van der Waals surface area contributed by atoms with Gasteiger partial charge in [0, 0.05) is 11.4 Å². The summed E-state index contributed by atoms with van der Waals surface area (Å²) in [5, 5.41) is 9.24. The molecule has 1 aromatic rings. The molecule has 0 amide bonds. The molecule has 3 nitrogen and oxygen atoms in total. The zero-order chi connectivity index (χ0) is 13.1. The minimum atomic E-state index is -0.108. The number of aryl methyl sites for hydroxylation is 1. The highest BCUT2D eigenvalue weighted by molar-refractivity contribution is 7.14. The first-order valence-corrected chi connectivity index (χ1v) is 7.38. The second-order valence-electron chi connectivity index (χ2n) is 5.23. The highest BCUT2D eigenvalue weighted by Crippen LogP contribution is 2.27. The van der Waals surface area contributed by atoms with Crippen molar-refractivity contribution in [3.8, 4) is 0 Å². The number of aliphatic hydroxyl groups excluding tert-OH is 1. The summed E-state index contributed by atoms with van der Waals surface area (Å²) < 4.78 is 0. The Hall–Kier alpha value is -0.710. The van der Waals surface area contributed by atoms with E-state index < -0.39 is 0 Å². The average Bonchev–Trinajstić information content (AvgIpc) is 2.75. The van der Waals surface area contributed by atoms with E-state index in [0.29, 0.717) is 12.5 Å². The lowest BCUT2D eigenvalue weighted by Crippen LogP contribution is -2.38. The Morgan fingerprint density at radius 1 is 1.50 bits per heavy atom. The molecule has 0 radical (unpaired) electrons. The quantitative estimate of drug-likeness (QED) is 0.803. The summed E-state index contributed by atoms with van der Waals surface area (Å²) in [7, 11) is 1.98. The minimum absolute atomic E-state index is 0.108. The molecule has 1 aromatic heterocycles. The van der Waals surface area contributed by atoms with Gasteiger partial charge in [0.15, 0.2) is 5.78 Å². The topological polar surface area (TPSA) is 40.5 Å². The number of likely N-dealkylation sites (N-methyl/N-ethyl adjacent to an activating group) is 1. The average molecular weight is 267 g/mol. The van der Waals surface area contributed by atoms with Crippen molar-refractivity contribution in [2.45, 2.75) is 32.3 Å². The summed E-state index contributed by atoms with van der Waals surface area (Å²) in [6.45, 7) is 3.50. The standard InChI is InChI=1S/C14H21NO2S/c1-3-12-4-5-14(18-12)13(17)9-15(2)8-10-6-11(16)7-10/h4-5,10-11,16H,3,6-9H2,1-2H3. The maximum atomic E-state index is 12.1. The van der Waals surface area contributed by atoms with Crippen LogP contribution in [-0.4, -0.2) is 42.0 Å². The van der Waals surface area contributed by atoms with Gasteiger partial charge in [-0.1, -0.05) is 6.92 Å². The van der Waals surface area contributed by atoms with E-state index >= 15 is 0 Å². The van der Waals surface area contributed by atoms with Crippen LogP contribution in [0, 0.1) is 5.92 Å². The van der Waals surface area contributed by atoms with Crippen LogP contribution in [-0.2, 0) is 6.42 Å². The summed E-state index contributed by atoms with van der Waals surface area (Å²) in [6.07, 6.45) is 2.66. The molecule has 1 fully saturated rings. The predicted octanol–water partition coefficient (Wildman–Crippen LogP) is 2.20. The van der Waals surface area contributed by atoms with Crippen LogP contribution < -0.4 is 0 Å². The maximum Gasteiger partial charge on any atom is 0.186 e. The fourth-order valence-electron chi connectivity index (χ4n) is 2.40. The van der Waals surface area contributed by atoms with Crippen molar-refractivity contribution in [3.05, 3.63) is 21.9 Å². The molecule has 0 spiro atoms. The van der Waals surface area contributed by atoms with Gasteiger partial charge in [-0.25, -0.2) is 0 Å². The van der Waals surface area contributed by atoms with E-state index in [1.807, 2.05) is 19.2 Å². The summed E-state index contributed by atoms with van der Waals surface area (Å²) >= 11 is 1.61. The normalized spacial score (nSPS) is 23.1. The third-order valence-electron chi connectivity index (χ3n) is 3.48. The third-order valence-corrected chi connectivity index (χ3v) is 4.75. The van der Waals surface area contributed by atoms with Gasteiger partial charge in [0.2, 0.25) is 0 Å². The van der Waals surface area contributed by atoms with E-state index in [9.17, 15) is 9.90 Å². The van der Waals surface area contributed by atoms with Crippen molar-refractivity contribution >= 4 is 17.1 Å². The van der Waals surface area contributed by atoms with Crippen LogP contribution in [0.25, 0.3) is 0 Å². The van der Waals surface area contributed by atoms with Crippen molar-refractivity contribution in [1.82, 2.24) is 4.90 Å². The van der Waals surface area contributed by atoms with E-state index in [4.69, 9.17) is 0 Å². The Morgan fingerprint density at radius 2 is 2.22 bits per heavy atom. The van der Waals surface area contributed by atoms with Crippen LogP contribution in [0.15, 0.2) is 12.1 Å². The molecule has 1 saturated carbocycles. The second-order valence-corrected chi connectivity index (χ2v) is 6.40. The number of hydrogen-bond donors (Lipinski definition) is 1. The van der Waals surface area contributed by atoms with Crippen LogP contribution in [0.3, 0.4) is 0 Å². The number of carbonyl (C=O) groups excluding carboxylic acids is 1. The molecule has 1 N–H and O–H groups in total. The maximum absolute atomic E-state index is 12.1. The summed E-state index contributed by atoms with van der Waals surface area (Å²) in [4.78, 5) is 16.3. The minimum Gasteiger partial charge on any atom is -0.393 e. The lowest BCUT2D eigenvalue weighted by atomic mass is 9.82. The highest BCUT2D eigenvalue weighted by atomic mass is 32.1. The largest absolute Gasteiger partial charge is 0.393 e. The molecule has 0 atom stereocenters. The van der Waals surface area contributed by atoms with Crippen molar-refractivity contribution in [2.75, 3.05) is 20.1 Å². The van der Waals surface area contributed by atoms with Gasteiger partial charge in [-0.05, 0) is 44.4 Å². The molecule has 1 heterocycles. The lowest BCUT2D eigenvalue weighted by molar-refractivity contribution is 0.0286. The molecule has 0 saturated heterocycles. The second kappa shape index (κ2) is 5.95. The van der Waals surface area contributed by atoms with Crippen LogP contribution in [0.1, 0.15) is 34.3 Å². The van der Waals surface area contributed by atoms with E-state index in [-0.39, 0.29) is 11.9 Å².